The molecule has 0 spiro atoms. The first-order chi connectivity index (χ1) is 9.45. The Labute approximate surface area is 118 Å². The fourth-order valence-electron chi connectivity index (χ4n) is 1.62. The van der Waals surface area contributed by atoms with E-state index in [1.165, 1.54) is 7.11 Å². The van der Waals surface area contributed by atoms with Crippen molar-refractivity contribution >= 4 is 17.6 Å². The molecule has 20 heavy (non-hydrogen) atoms. The zero-order valence-corrected chi connectivity index (χ0v) is 11.8. The summed E-state index contributed by atoms with van der Waals surface area (Å²) in [5, 5.41) is 15.1. The van der Waals surface area contributed by atoms with Crippen molar-refractivity contribution in [3.63, 3.8) is 0 Å². The lowest BCUT2D eigenvalue weighted by atomic mass is 10.1. The maximum atomic E-state index is 12.0. The molecule has 0 saturated carbocycles. The van der Waals surface area contributed by atoms with Crippen LogP contribution < -0.4 is 10.6 Å². The second kappa shape index (κ2) is 7.49. The zero-order chi connectivity index (χ0) is 15.1. The van der Waals surface area contributed by atoms with Gasteiger partial charge in [-0.2, -0.15) is 0 Å². The summed E-state index contributed by atoms with van der Waals surface area (Å²) in [4.78, 5) is 23.1. The molecule has 6 heteroatoms. The summed E-state index contributed by atoms with van der Waals surface area (Å²) < 4.78 is 4.37. The molecule has 0 fully saturated rings. The summed E-state index contributed by atoms with van der Waals surface area (Å²) >= 11 is 0. The number of para-hydroxylation sites is 1. The average molecular weight is 280 g/mol. The van der Waals surface area contributed by atoms with Gasteiger partial charge in [0, 0.05) is 11.7 Å². The first-order valence-corrected chi connectivity index (χ1v) is 6.35. The number of nitrogens with one attached hydrogen (secondary N) is 2. The fourth-order valence-corrected chi connectivity index (χ4v) is 1.62. The number of amides is 1. The van der Waals surface area contributed by atoms with Gasteiger partial charge in [-0.3, -0.25) is 4.79 Å². The number of rotatable bonds is 6. The van der Waals surface area contributed by atoms with Gasteiger partial charge in [-0.05, 0) is 26.0 Å². The van der Waals surface area contributed by atoms with Gasteiger partial charge in [-0.15, -0.1) is 0 Å². The summed E-state index contributed by atoms with van der Waals surface area (Å²) in [5.74, 6) is -1.14. The maximum Gasteiger partial charge on any atom is 0.336 e. The van der Waals surface area contributed by atoms with Crippen LogP contribution in [0.2, 0.25) is 0 Å². The van der Waals surface area contributed by atoms with Crippen molar-refractivity contribution in [2.75, 3.05) is 19.0 Å². The lowest BCUT2D eigenvalue weighted by Gasteiger charge is -2.15. The lowest BCUT2D eigenvalue weighted by Crippen LogP contribution is -2.37. The number of aliphatic hydroxyl groups excluding tert-OH is 1. The summed E-state index contributed by atoms with van der Waals surface area (Å²) in [6.45, 7) is 3.74. The van der Waals surface area contributed by atoms with Crippen molar-refractivity contribution in [2.24, 2.45) is 0 Å². The summed E-state index contributed by atoms with van der Waals surface area (Å²) in [7, 11) is 1.18. The van der Waals surface area contributed by atoms with Crippen LogP contribution in [0.5, 0.6) is 0 Å². The van der Waals surface area contributed by atoms with Crippen LogP contribution in [0.15, 0.2) is 24.3 Å². The van der Waals surface area contributed by atoms with E-state index in [9.17, 15) is 14.7 Å². The van der Waals surface area contributed by atoms with Gasteiger partial charge in [-0.1, -0.05) is 12.1 Å². The third kappa shape index (κ3) is 4.55. The van der Waals surface area contributed by atoms with Crippen molar-refractivity contribution in [3.8, 4) is 0 Å². The standard InChI is InChI=1S/C14H20N2O4/c1-9(2)16-11-7-5-4-6-10(11)13(18)15-8-12(17)14(19)20-3/h4-7,9,12,16-17H,8H2,1-3H3,(H,15,18). The Morgan fingerprint density at radius 3 is 2.55 bits per heavy atom. The van der Waals surface area contributed by atoms with Gasteiger partial charge < -0.3 is 20.5 Å². The van der Waals surface area contributed by atoms with Crippen LogP contribution in [-0.4, -0.2) is 42.8 Å². The van der Waals surface area contributed by atoms with E-state index in [1.807, 2.05) is 19.9 Å². The van der Waals surface area contributed by atoms with Gasteiger partial charge in [0.2, 0.25) is 0 Å². The molecule has 0 saturated heterocycles. The number of benzene rings is 1. The number of methoxy groups -OCH3 is 1. The molecule has 1 amide bonds. The number of ether oxygens (including phenoxy) is 1. The minimum absolute atomic E-state index is 0.185. The highest BCUT2D eigenvalue weighted by Crippen LogP contribution is 2.15. The summed E-state index contributed by atoms with van der Waals surface area (Å²) in [5.41, 5.74) is 1.16. The number of hydrogen-bond donors (Lipinski definition) is 3. The quantitative estimate of drug-likeness (QED) is 0.670. The predicted octanol–water partition coefficient (Wildman–Crippen LogP) is 0.771. The van der Waals surface area contributed by atoms with Crippen LogP contribution in [0, 0.1) is 0 Å². The Balaban J connectivity index is 2.70. The fraction of sp³-hybridized carbons (Fsp3) is 0.429. The van der Waals surface area contributed by atoms with Crippen molar-refractivity contribution in [2.45, 2.75) is 26.0 Å². The zero-order valence-electron chi connectivity index (χ0n) is 11.8. The van der Waals surface area contributed by atoms with E-state index in [-0.39, 0.29) is 18.5 Å². The number of anilines is 1. The van der Waals surface area contributed by atoms with E-state index in [1.54, 1.807) is 18.2 Å². The topological polar surface area (TPSA) is 87.7 Å². The minimum atomic E-state index is -1.37. The second-order valence-corrected chi connectivity index (χ2v) is 4.59. The molecule has 1 aromatic carbocycles. The van der Waals surface area contributed by atoms with Crippen LogP contribution in [0.4, 0.5) is 5.69 Å². The molecule has 110 valence electrons. The normalized spacial score (nSPS) is 11.8. The van der Waals surface area contributed by atoms with Crippen molar-refractivity contribution in [1.29, 1.82) is 0 Å². The first-order valence-electron chi connectivity index (χ1n) is 6.35. The lowest BCUT2D eigenvalue weighted by molar-refractivity contribution is -0.149. The van der Waals surface area contributed by atoms with Crippen LogP contribution in [0.25, 0.3) is 0 Å². The Hall–Kier alpha value is -2.08. The Morgan fingerprint density at radius 2 is 1.95 bits per heavy atom. The van der Waals surface area contributed by atoms with Gasteiger partial charge in [-0.25, -0.2) is 4.79 Å². The predicted molar refractivity (Wildman–Crippen MR) is 75.6 cm³/mol. The summed E-state index contributed by atoms with van der Waals surface area (Å²) in [6.07, 6.45) is -1.37. The molecule has 0 bridgehead atoms. The molecule has 0 heterocycles. The third-order valence-electron chi connectivity index (χ3n) is 2.55. The Morgan fingerprint density at radius 1 is 1.30 bits per heavy atom. The molecule has 0 aliphatic heterocycles. The largest absolute Gasteiger partial charge is 0.467 e. The van der Waals surface area contributed by atoms with E-state index < -0.39 is 12.1 Å². The Bertz CT molecular complexity index is 474. The molecule has 1 atom stereocenters. The number of hydrogen-bond acceptors (Lipinski definition) is 5. The Kier molecular flexibility index (Phi) is 5.99. The number of carbonyl (C=O) groups excluding carboxylic acids is 2. The van der Waals surface area contributed by atoms with Gasteiger partial charge >= 0.3 is 5.97 Å². The van der Waals surface area contributed by atoms with Crippen LogP contribution in [0.1, 0.15) is 24.2 Å². The first kappa shape index (κ1) is 16.0. The molecular weight excluding hydrogens is 260 g/mol. The molecule has 1 rings (SSSR count). The SMILES string of the molecule is COC(=O)C(O)CNC(=O)c1ccccc1NC(C)C. The van der Waals surface area contributed by atoms with Gasteiger partial charge in [0.1, 0.15) is 0 Å². The minimum Gasteiger partial charge on any atom is -0.467 e. The number of carbonyl (C=O) groups is 2. The van der Waals surface area contributed by atoms with E-state index in [2.05, 4.69) is 15.4 Å². The average Bonchev–Trinajstić information content (AvgIpc) is 2.43. The molecular formula is C14H20N2O4. The maximum absolute atomic E-state index is 12.0. The molecule has 1 aromatic rings. The monoisotopic (exact) mass is 280 g/mol. The van der Waals surface area contributed by atoms with Crippen LogP contribution in [0.3, 0.4) is 0 Å². The molecule has 3 N–H and O–H groups in total. The van der Waals surface area contributed by atoms with Crippen molar-refractivity contribution in [3.05, 3.63) is 29.8 Å². The molecule has 0 aromatic heterocycles. The second-order valence-electron chi connectivity index (χ2n) is 4.59. The molecule has 0 aliphatic carbocycles. The highest BCUT2D eigenvalue weighted by atomic mass is 16.5. The highest BCUT2D eigenvalue weighted by Gasteiger charge is 2.18. The molecule has 0 radical (unpaired) electrons. The molecule has 1 unspecified atom stereocenters. The van der Waals surface area contributed by atoms with E-state index in [0.29, 0.717) is 11.3 Å². The number of aliphatic hydroxyl groups is 1. The van der Waals surface area contributed by atoms with Crippen molar-refractivity contribution in [1.82, 2.24) is 5.32 Å². The van der Waals surface area contributed by atoms with Gasteiger partial charge in [0.15, 0.2) is 6.10 Å². The van der Waals surface area contributed by atoms with Crippen LogP contribution in [-0.2, 0) is 9.53 Å². The summed E-state index contributed by atoms with van der Waals surface area (Å²) in [6, 6.07) is 7.22. The van der Waals surface area contributed by atoms with Crippen LogP contribution >= 0.6 is 0 Å². The van der Waals surface area contributed by atoms with Gasteiger partial charge in [0.25, 0.3) is 5.91 Å². The number of esters is 1. The highest BCUT2D eigenvalue weighted by molar-refractivity contribution is 5.99. The molecule has 0 aliphatic rings. The van der Waals surface area contributed by atoms with E-state index in [4.69, 9.17) is 0 Å². The molecule has 6 nitrogen and oxygen atoms in total. The smallest absolute Gasteiger partial charge is 0.336 e. The van der Waals surface area contributed by atoms with E-state index >= 15 is 0 Å². The van der Waals surface area contributed by atoms with E-state index in [0.717, 1.165) is 0 Å². The van der Waals surface area contributed by atoms with Gasteiger partial charge in [0.05, 0.1) is 19.2 Å². The third-order valence-corrected chi connectivity index (χ3v) is 2.55. The van der Waals surface area contributed by atoms with Crippen molar-refractivity contribution < 1.29 is 19.4 Å².